The molecule has 0 saturated carbocycles. The SMILES string of the molecule is CC(C)N1CCN(c2cccc(OC(F)(F)F)c2)CC1. The first kappa shape index (κ1) is 15.0. The van der Waals surface area contributed by atoms with Gasteiger partial charge in [0, 0.05) is 44.0 Å². The molecule has 20 heavy (non-hydrogen) atoms. The summed E-state index contributed by atoms with van der Waals surface area (Å²) >= 11 is 0. The molecular formula is C14H19F3N2O. The molecule has 1 saturated heterocycles. The number of hydrogen-bond acceptors (Lipinski definition) is 3. The van der Waals surface area contributed by atoms with E-state index in [-0.39, 0.29) is 5.75 Å². The molecule has 6 heteroatoms. The molecule has 0 spiro atoms. The van der Waals surface area contributed by atoms with Crippen LogP contribution in [0.5, 0.6) is 5.75 Å². The predicted molar refractivity (Wildman–Crippen MR) is 72.0 cm³/mol. The molecule has 0 amide bonds. The molecule has 1 fully saturated rings. The minimum Gasteiger partial charge on any atom is -0.406 e. The summed E-state index contributed by atoms with van der Waals surface area (Å²) in [5, 5.41) is 0. The van der Waals surface area contributed by atoms with E-state index in [1.54, 1.807) is 6.07 Å². The van der Waals surface area contributed by atoms with E-state index in [9.17, 15) is 13.2 Å². The van der Waals surface area contributed by atoms with E-state index < -0.39 is 6.36 Å². The highest BCUT2D eigenvalue weighted by Crippen LogP contribution is 2.27. The van der Waals surface area contributed by atoms with Crippen LogP contribution in [0, 0.1) is 0 Å². The van der Waals surface area contributed by atoms with E-state index in [0.29, 0.717) is 6.04 Å². The molecule has 0 unspecified atom stereocenters. The second-order valence-corrected chi connectivity index (χ2v) is 5.16. The molecule has 2 rings (SSSR count). The van der Waals surface area contributed by atoms with Gasteiger partial charge in [0.15, 0.2) is 0 Å². The maximum atomic E-state index is 12.2. The van der Waals surface area contributed by atoms with E-state index >= 15 is 0 Å². The Morgan fingerprint density at radius 2 is 1.75 bits per heavy atom. The quantitative estimate of drug-likeness (QED) is 0.850. The zero-order valence-electron chi connectivity index (χ0n) is 11.7. The third kappa shape index (κ3) is 4.03. The third-order valence-corrected chi connectivity index (χ3v) is 3.46. The van der Waals surface area contributed by atoms with Crippen molar-refractivity contribution in [3.05, 3.63) is 24.3 Å². The van der Waals surface area contributed by atoms with Gasteiger partial charge >= 0.3 is 6.36 Å². The molecule has 1 aromatic carbocycles. The first-order valence-corrected chi connectivity index (χ1v) is 6.70. The molecule has 0 aliphatic carbocycles. The third-order valence-electron chi connectivity index (χ3n) is 3.46. The summed E-state index contributed by atoms with van der Waals surface area (Å²) in [6.07, 6.45) is -4.64. The zero-order chi connectivity index (χ0) is 14.8. The number of rotatable bonds is 3. The van der Waals surface area contributed by atoms with Gasteiger partial charge in [0.2, 0.25) is 0 Å². The lowest BCUT2D eigenvalue weighted by Gasteiger charge is -2.38. The molecule has 0 radical (unpaired) electrons. The number of halogens is 3. The van der Waals surface area contributed by atoms with Crippen molar-refractivity contribution in [1.82, 2.24) is 4.90 Å². The summed E-state index contributed by atoms with van der Waals surface area (Å²) in [6, 6.07) is 6.66. The smallest absolute Gasteiger partial charge is 0.406 e. The number of piperazine rings is 1. The second kappa shape index (κ2) is 5.91. The average Bonchev–Trinajstić information content (AvgIpc) is 2.37. The molecule has 0 N–H and O–H groups in total. The Bertz CT molecular complexity index is 440. The van der Waals surface area contributed by atoms with Gasteiger partial charge in [0.1, 0.15) is 5.75 Å². The molecule has 0 aromatic heterocycles. The Balaban J connectivity index is 2.01. The summed E-state index contributed by atoms with van der Waals surface area (Å²) in [7, 11) is 0. The highest BCUT2D eigenvalue weighted by molar-refractivity contribution is 5.51. The maximum absolute atomic E-state index is 12.2. The summed E-state index contributed by atoms with van der Waals surface area (Å²) in [5.74, 6) is -0.165. The van der Waals surface area contributed by atoms with Crippen LogP contribution >= 0.6 is 0 Å². The van der Waals surface area contributed by atoms with Crippen LogP contribution in [0.15, 0.2) is 24.3 Å². The van der Waals surface area contributed by atoms with Crippen LogP contribution in [-0.2, 0) is 0 Å². The van der Waals surface area contributed by atoms with Gasteiger partial charge in [-0.15, -0.1) is 13.2 Å². The number of ether oxygens (including phenoxy) is 1. The minimum absolute atomic E-state index is 0.165. The van der Waals surface area contributed by atoms with Gasteiger partial charge in [-0.05, 0) is 26.0 Å². The van der Waals surface area contributed by atoms with Crippen LogP contribution in [0.1, 0.15) is 13.8 Å². The number of hydrogen-bond donors (Lipinski definition) is 0. The highest BCUT2D eigenvalue weighted by atomic mass is 19.4. The number of alkyl halides is 3. The van der Waals surface area contributed by atoms with Crippen LogP contribution in [0.25, 0.3) is 0 Å². The van der Waals surface area contributed by atoms with Crippen molar-refractivity contribution in [1.29, 1.82) is 0 Å². The molecule has 1 aliphatic heterocycles. The van der Waals surface area contributed by atoms with Gasteiger partial charge in [-0.2, -0.15) is 0 Å². The lowest BCUT2D eigenvalue weighted by Crippen LogP contribution is -2.48. The highest BCUT2D eigenvalue weighted by Gasteiger charge is 2.31. The predicted octanol–water partition coefficient (Wildman–Crippen LogP) is 3.12. The van der Waals surface area contributed by atoms with Crippen molar-refractivity contribution < 1.29 is 17.9 Å². The van der Waals surface area contributed by atoms with E-state index in [4.69, 9.17) is 0 Å². The molecule has 1 aliphatic rings. The van der Waals surface area contributed by atoms with E-state index in [1.165, 1.54) is 12.1 Å². The van der Waals surface area contributed by atoms with Gasteiger partial charge in [-0.25, -0.2) is 0 Å². The van der Waals surface area contributed by atoms with Crippen molar-refractivity contribution in [2.24, 2.45) is 0 Å². The average molecular weight is 288 g/mol. The first-order valence-electron chi connectivity index (χ1n) is 6.70. The fraction of sp³-hybridized carbons (Fsp3) is 0.571. The molecule has 3 nitrogen and oxygen atoms in total. The lowest BCUT2D eigenvalue weighted by molar-refractivity contribution is -0.274. The summed E-state index contributed by atoms with van der Waals surface area (Å²) in [4.78, 5) is 4.44. The Morgan fingerprint density at radius 1 is 1.10 bits per heavy atom. The Morgan fingerprint density at radius 3 is 2.30 bits per heavy atom. The fourth-order valence-electron chi connectivity index (χ4n) is 2.37. The number of anilines is 1. The fourth-order valence-corrected chi connectivity index (χ4v) is 2.37. The number of nitrogens with zero attached hydrogens (tertiary/aromatic N) is 2. The van der Waals surface area contributed by atoms with E-state index in [0.717, 1.165) is 31.9 Å². The van der Waals surface area contributed by atoms with Crippen molar-refractivity contribution >= 4 is 5.69 Å². The van der Waals surface area contributed by atoms with Gasteiger partial charge < -0.3 is 9.64 Å². The normalized spacial score (nSPS) is 17.6. The topological polar surface area (TPSA) is 15.7 Å². The first-order chi connectivity index (χ1) is 9.35. The van der Waals surface area contributed by atoms with Crippen molar-refractivity contribution in [3.8, 4) is 5.75 Å². The molecule has 0 atom stereocenters. The van der Waals surface area contributed by atoms with E-state index in [2.05, 4.69) is 28.4 Å². The largest absolute Gasteiger partial charge is 0.573 e. The van der Waals surface area contributed by atoms with Crippen molar-refractivity contribution in [2.45, 2.75) is 26.3 Å². The number of benzene rings is 1. The monoisotopic (exact) mass is 288 g/mol. The molecule has 0 bridgehead atoms. The summed E-state index contributed by atoms with van der Waals surface area (Å²) in [5.41, 5.74) is 0.773. The maximum Gasteiger partial charge on any atom is 0.573 e. The summed E-state index contributed by atoms with van der Waals surface area (Å²) < 4.78 is 40.6. The van der Waals surface area contributed by atoms with Crippen molar-refractivity contribution in [3.63, 3.8) is 0 Å². The van der Waals surface area contributed by atoms with Crippen LogP contribution in [0.3, 0.4) is 0 Å². The Hall–Kier alpha value is -1.43. The lowest BCUT2D eigenvalue weighted by atomic mass is 10.2. The minimum atomic E-state index is -4.64. The molecule has 112 valence electrons. The van der Waals surface area contributed by atoms with Crippen molar-refractivity contribution in [2.75, 3.05) is 31.1 Å². The van der Waals surface area contributed by atoms with Gasteiger partial charge in [-0.1, -0.05) is 6.07 Å². The van der Waals surface area contributed by atoms with Gasteiger partial charge in [0.25, 0.3) is 0 Å². The Labute approximate surface area is 116 Å². The van der Waals surface area contributed by atoms with Crippen LogP contribution in [-0.4, -0.2) is 43.5 Å². The molecular weight excluding hydrogens is 269 g/mol. The Kier molecular flexibility index (Phi) is 4.42. The van der Waals surface area contributed by atoms with Crippen LogP contribution in [0.4, 0.5) is 18.9 Å². The van der Waals surface area contributed by atoms with Gasteiger partial charge in [0.05, 0.1) is 0 Å². The molecule has 1 aromatic rings. The zero-order valence-corrected chi connectivity index (χ0v) is 11.7. The summed E-state index contributed by atoms with van der Waals surface area (Å²) in [6.45, 7) is 7.76. The van der Waals surface area contributed by atoms with Crippen LogP contribution in [0.2, 0.25) is 0 Å². The van der Waals surface area contributed by atoms with Gasteiger partial charge in [-0.3, -0.25) is 4.90 Å². The van der Waals surface area contributed by atoms with Crippen LogP contribution < -0.4 is 9.64 Å². The van der Waals surface area contributed by atoms with E-state index in [1.807, 2.05) is 6.07 Å². The molecule has 1 heterocycles. The standard InChI is InChI=1S/C14H19F3N2O/c1-11(2)18-6-8-19(9-7-18)12-4-3-5-13(10-12)20-14(15,16)17/h3-5,10-11H,6-9H2,1-2H3. The second-order valence-electron chi connectivity index (χ2n) is 5.16.